The highest BCUT2D eigenvalue weighted by Crippen LogP contribution is 1.82. The fourth-order valence-corrected chi connectivity index (χ4v) is 1.03. The van der Waals surface area contributed by atoms with Gasteiger partial charge in [-0.2, -0.15) is 0 Å². The summed E-state index contributed by atoms with van der Waals surface area (Å²) in [7, 11) is -3.36. The molecule has 0 aromatic carbocycles. The molecule has 0 aliphatic rings. The first-order valence-electron chi connectivity index (χ1n) is 3.01. The van der Waals surface area contributed by atoms with Gasteiger partial charge in [-0.05, 0) is 4.83 Å². The van der Waals surface area contributed by atoms with Crippen molar-refractivity contribution in [3.8, 4) is 0 Å². The third-order valence-corrected chi connectivity index (χ3v) is 1.83. The molecule has 0 aliphatic heterocycles. The van der Waals surface area contributed by atoms with Crippen molar-refractivity contribution < 1.29 is 8.42 Å². The summed E-state index contributed by atoms with van der Waals surface area (Å²) >= 11 is 0. The third-order valence-electron chi connectivity index (χ3n) is 0.768. The number of nitrogens with one attached hydrogen (secondary N) is 1. The van der Waals surface area contributed by atoms with Gasteiger partial charge in [0.15, 0.2) is 0 Å². The molecule has 0 fully saturated rings. The molecule has 4 nitrogen and oxygen atoms in total. The van der Waals surface area contributed by atoms with Crippen molar-refractivity contribution in [1.29, 1.82) is 0 Å². The lowest BCUT2D eigenvalue weighted by atomic mass is 10.7. The maximum absolute atomic E-state index is 10.8. The molecule has 0 aromatic rings. The Hall–Kier alpha value is -0.650. The molecule has 63 valence electrons. The fourth-order valence-electron chi connectivity index (χ4n) is 0.386. The Bertz CT molecular complexity index is 221. The molecule has 11 heavy (non-hydrogen) atoms. The van der Waals surface area contributed by atoms with E-state index in [1.54, 1.807) is 0 Å². The van der Waals surface area contributed by atoms with Crippen LogP contribution in [0.2, 0.25) is 0 Å². The van der Waals surface area contributed by atoms with Gasteiger partial charge in [0.2, 0.25) is 10.0 Å². The molecule has 0 unspecified atom stereocenters. The molecule has 0 saturated heterocycles. The molecular formula is C6H11N2O2S. The standard InChI is InChI=1S/C6H11N2O2S/c1-3-5-7-8-11(9,10)6-4-2/h3-4,7H,1-2,5-6H2. The van der Waals surface area contributed by atoms with Gasteiger partial charge in [0.05, 0.1) is 5.75 Å². The van der Waals surface area contributed by atoms with E-state index in [-0.39, 0.29) is 5.75 Å². The molecule has 0 aliphatic carbocycles. The lowest BCUT2D eigenvalue weighted by Gasteiger charge is -1.99. The summed E-state index contributed by atoms with van der Waals surface area (Å²) in [5.74, 6) is -0.142. The maximum atomic E-state index is 10.8. The van der Waals surface area contributed by atoms with Crippen molar-refractivity contribution in [2.45, 2.75) is 0 Å². The van der Waals surface area contributed by atoms with Gasteiger partial charge in [-0.15, -0.1) is 13.2 Å². The molecule has 0 bridgehead atoms. The zero-order valence-corrected chi connectivity index (χ0v) is 6.97. The molecule has 1 N–H and O–H groups in total. The van der Waals surface area contributed by atoms with Crippen molar-refractivity contribution >= 4 is 10.0 Å². The van der Waals surface area contributed by atoms with Crippen LogP contribution in [0.4, 0.5) is 0 Å². The average molecular weight is 175 g/mol. The van der Waals surface area contributed by atoms with Gasteiger partial charge in [-0.1, -0.05) is 12.2 Å². The van der Waals surface area contributed by atoms with Crippen LogP contribution in [0, 0.1) is 0 Å². The number of nitrogens with zero attached hydrogens (tertiary/aromatic N) is 1. The van der Waals surface area contributed by atoms with Crippen molar-refractivity contribution in [3.05, 3.63) is 25.3 Å². The second-order valence-electron chi connectivity index (χ2n) is 1.78. The van der Waals surface area contributed by atoms with E-state index in [0.717, 1.165) is 0 Å². The predicted molar refractivity (Wildman–Crippen MR) is 44.3 cm³/mol. The normalized spacial score (nSPS) is 10.9. The smallest absolute Gasteiger partial charge is 0.221 e. The Morgan fingerprint density at radius 2 is 2.00 bits per heavy atom. The van der Waals surface area contributed by atoms with Crippen LogP contribution in [0.5, 0.6) is 0 Å². The molecule has 0 saturated carbocycles. The molecule has 1 radical (unpaired) electrons. The first-order chi connectivity index (χ1) is 5.12. The highest BCUT2D eigenvalue weighted by atomic mass is 32.2. The van der Waals surface area contributed by atoms with Crippen molar-refractivity contribution in [3.63, 3.8) is 0 Å². The molecule has 0 rings (SSSR count). The number of hydrogen-bond acceptors (Lipinski definition) is 3. The molecule has 0 atom stereocenters. The van der Waals surface area contributed by atoms with Crippen LogP contribution in [-0.2, 0) is 10.0 Å². The van der Waals surface area contributed by atoms with E-state index in [0.29, 0.717) is 6.54 Å². The zero-order chi connectivity index (χ0) is 8.74. The van der Waals surface area contributed by atoms with Crippen LogP contribution in [0.1, 0.15) is 0 Å². The second kappa shape index (κ2) is 5.06. The Morgan fingerprint density at radius 3 is 2.45 bits per heavy atom. The molecule has 0 spiro atoms. The minimum Gasteiger partial charge on any atom is -0.221 e. The Kier molecular flexibility index (Phi) is 4.76. The van der Waals surface area contributed by atoms with Crippen LogP contribution in [0.25, 0.3) is 0 Å². The summed E-state index contributed by atoms with van der Waals surface area (Å²) < 4.78 is 21.5. The summed E-state index contributed by atoms with van der Waals surface area (Å²) in [6.45, 7) is 7.02. The predicted octanol–water partition coefficient (Wildman–Crippen LogP) is -0.203. The molecule has 0 aromatic heterocycles. The first-order valence-corrected chi connectivity index (χ1v) is 4.62. The Labute approximate surface area is 67.0 Å². The van der Waals surface area contributed by atoms with Crippen molar-refractivity contribution in [1.82, 2.24) is 10.3 Å². The van der Waals surface area contributed by atoms with E-state index in [2.05, 4.69) is 23.4 Å². The summed E-state index contributed by atoms with van der Waals surface area (Å²) in [4.78, 5) is 3.22. The minimum atomic E-state index is -3.36. The average Bonchev–Trinajstić information content (AvgIpc) is 1.87. The van der Waals surface area contributed by atoms with Gasteiger partial charge < -0.3 is 0 Å². The lowest BCUT2D eigenvalue weighted by molar-refractivity contribution is 0.565. The number of rotatable bonds is 6. The van der Waals surface area contributed by atoms with Gasteiger partial charge in [-0.3, -0.25) is 0 Å². The summed E-state index contributed by atoms with van der Waals surface area (Å²) in [6.07, 6.45) is 2.81. The van der Waals surface area contributed by atoms with Crippen LogP contribution in [0.15, 0.2) is 25.3 Å². The Morgan fingerprint density at radius 1 is 1.36 bits per heavy atom. The summed E-state index contributed by atoms with van der Waals surface area (Å²) in [5, 5.41) is 0. The highest BCUT2D eigenvalue weighted by Gasteiger charge is 2.06. The van der Waals surface area contributed by atoms with Crippen molar-refractivity contribution in [2.24, 2.45) is 0 Å². The summed E-state index contributed by atoms with van der Waals surface area (Å²) in [6, 6.07) is 0. The van der Waals surface area contributed by atoms with Gasteiger partial charge in [0.1, 0.15) is 0 Å². The van der Waals surface area contributed by atoms with E-state index in [1.807, 2.05) is 0 Å². The van der Waals surface area contributed by atoms with Gasteiger partial charge in [-0.25, -0.2) is 13.8 Å². The van der Waals surface area contributed by atoms with Gasteiger partial charge >= 0.3 is 0 Å². The zero-order valence-electron chi connectivity index (χ0n) is 6.16. The molecule has 5 heteroatoms. The monoisotopic (exact) mass is 175 g/mol. The van der Waals surface area contributed by atoms with E-state index in [1.165, 1.54) is 12.2 Å². The first kappa shape index (κ1) is 10.3. The Balaban J connectivity index is 3.73. The van der Waals surface area contributed by atoms with Gasteiger partial charge in [0.25, 0.3) is 0 Å². The molecule has 0 heterocycles. The van der Waals surface area contributed by atoms with Crippen LogP contribution >= 0.6 is 0 Å². The summed E-state index contributed by atoms with van der Waals surface area (Å²) in [5.41, 5.74) is 2.33. The number of sulfonamides is 1. The molecular weight excluding hydrogens is 164 g/mol. The highest BCUT2D eigenvalue weighted by molar-refractivity contribution is 7.89. The quantitative estimate of drug-likeness (QED) is 0.345. The van der Waals surface area contributed by atoms with Crippen LogP contribution < -0.4 is 10.3 Å². The molecule has 0 amide bonds. The minimum absolute atomic E-state index is 0.142. The van der Waals surface area contributed by atoms with E-state index >= 15 is 0 Å². The SMILES string of the molecule is C=CCN[N]S(=O)(=O)CC=C. The largest absolute Gasteiger partial charge is 0.246 e. The second-order valence-corrected chi connectivity index (χ2v) is 3.46. The van der Waals surface area contributed by atoms with Crippen LogP contribution in [-0.4, -0.2) is 20.7 Å². The van der Waals surface area contributed by atoms with E-state index < -0.39 is 10.0 Å². The number of hydrogen-bond donors (Lipinski definition) is 1. The van der Waals surface area contributed by atoms with Crippen molar-refractivity contribution in [2.75, 3.05) is 12.3 Å². The topological polar surface area (TPSA) is 60.3 Å². The maximum Gasteiger partial charge on any atom is 0.246 e. The fraction of sp³-hybridized carbons (Fsp3) is 0.333. The third kappa shape index (κ3) is 5.78. The van der Waals surface area contributed by atoms with E-state index in [4.69, 9.17) is 0 Å². The lowest BCUT2D eigenvalue weighted by Crippen LogP contribution is -2.31. The van der Waals surface area contributed by atoms with Gasteiger partial charge in [0, 0.05) is 6.54 Å². The van der Waals surface area contributed by atoms with Crippen LogP contribution in [0.3, 0.4) is 0 Å². The van der Waals surface area contributed by atoms with E-state index in [9.17, 15) is 8.42 Å².